The van der Waals surface area contributed by atoms with Crippen molar-refractivity contribution in [2.45, 2.75) is 78.6 Å². The number of para-hydroxylation sites is 4. The van der Waals surface area contributed by atoms with Crippen LogP contribution in [0.4, 0.5) is 34.1 Å². The maximum Gasteiger partial charge on any atom is 0.252 e. The summed E-state index contributed by atoms with van der Waals surface area (Å²) in [5, 5.41) is -1.90. The predicted octanol–water partition coefficient (Wildman–Crippen LogP) is 16.1. The van der Waals surface area contributed by atoms with Crippen LogP contribution in [-0.2, 0) is 16.2 Å². The van der Waals surface area contributed by atoms with Crippen LogP contribution in [0.25, 0.3) is 76.9 Å². The third-order valence-corrected chi connectivity index (χ3v) is 13.9. The van der Waals surface area contributed by atoms with Gasteiger partial charge in [-0.3, -0.25) is 0 Å². The number of aromatic nitrogens is 2. The van der Waals surface area contributed by atoms with Gasteiger partial charge in [0.25, 0.3) is 6.71 Å². The average Bonchev–Trinajstić information content (AvgIpc) is 1.10. The minimum Gasteiger partial charge on any atom is -0.456 e. The standard InChI is InChI=1S/C66H55BN4O/c1-64(2,3)38-24-30-52-47(32-38)48-33-39(65(4,5)6)25-31-53(48)68(52)41-27-29-49-56(36-41)69(42-26-28-45-44-17-11-13-23-59(44)72-60(45)37-42)57-34-40(66(7,8)9)35-58-61(57)67(49)50-19-15-22-55-63(50)71(58)54-21-14-18-46-43-16-10-12-20-51(43)70(55)62(46)54/h10-37H,1-9H3/i10D,11D,12D,13D,14D,15D,16D,17D,18D,19D,20D,21D,22D,23D,24D,25D,26D,27D,28D,29D,30D,31D,32D,33D,34D,35D,36D,37D. The normalized spacial score (nSPS) is 19.5. The molecular weight excluding hydrogens is 876 g/mol. The molecule has 3 aliphatic rings. The fraction of sp³-hybridized carbons (Fsp3) is 0.182. The fourth-order valence-corrected chi connectivity index (χ4v) is 10.4. The van der Waals surface area contributed by atoms with Crippen molar-refractivity contribution in [3.8, 4) is 11.4 Å². The lowest BCUT2D eigenvalue weighted by Crippen LogP contribution is -2.62. The highest BCUT2D eigenvalue weighted by atomic mass is 16.3. The van der Waals surface area contributed by atoms with E-state index in [4.69, 9.17) is 12.6 Å². The van der Waals surface area contributed by atoms with Gasteiger partial charge in [0, 0.05) is 66.8 Å². The van der Waals surface area contributed by atoms with Crippen molar-refractivity contribution in [3.05, 3.63) is 186 Å². The SMILES string of the molecule is [2H]c1c([2H])c2c3c(c1[2H])-n1c4c([2H])c([2H])c([2H])c([2H])c4c4c([2H])c([2H])c([2H])c(c41)N3c1c([2H])c(C(C)(C)C)c([2H])c3c1B2c1c([2H])c([2H])c(-n2c4c([2H])c([2H])c(C(C)(C)C)c([2H])c4c4c([2H])c(C(C)(C)C)c([2H])c([2H])c42)c([2H])c1N3c1c([2H])c([2H])c2c(oc3c([2H])c([2H])c([2H])c([2H])c32)c1[2H]. The molecule has 6 heteroatoms. The monoisotopic (exact) mass is 959 g/mol. The van der Waals surface area contributed by atoms with Crippen LogP contribution in [0.5, 0.6) is 0 Å². The summed E-state index contributed by atoms with van der Waals surface area (Å²) >= 11 is 0. The largest absolute Gasteiger partial charge is 0.456 e. The van der Waals surface area contributed by atoms with Gasteiger partial charge in [-0.25, -0.2) is 0 Å². The van der Waals surface area contributed by atoms with Gasteiger partial charge in [0.05, 0.1) is 77.5 Å². The van der Waals surface area contributed by atoms with E-state index in [0.29, 0.717) is 0 Å². The van der Waals surface area contributed by atoms with Crippen molar-refractivity contribution in [3.63, 3.8) is 0 Å². The number of furan rings is 1. The van der Waals surface area contributed by atoms with Crippen molar-refractivity contribution < 1.29 is 42.8 Å². The number of hydrogen-bond donors (Lipinski definition) is 0. The number of hydrogen-bond acceptors (Lipinski definition) is 3. The quantitative estimate of drug-likeness (QED) is 0.162. The molecule has 348 valence electrons. The van der Waals surface area contributed by atoms with Gasteiger partial charge in [-0.1, -0.05) is 141 Å². The smallest absolute Gasteiger partial charge is 0.252 e. The van der Waals surface area contributed by atoms with Gasteiger partial charge in [-0.05, 0) is 134 Å². The van der Waals surface area contributed by atoms with Gasteiger partial charge in [-0.2, -0.15) is 0 Å². The van der Waals surface area contributed by atoms with Gasteiger partial charge < -0.3 is 23.4 Å². The zero-order valence-corrected chi connectivity index (χ0v) is 40.3. The van der Waals surface area contributed by atoms with Crippen LogP contribution in [-0.4, -0.2) is 15.8 Å². The summed E-state index contributed by atoms with van der Waals surface area (Å²) in [5.74, 6) is 0. The lowest BCUT2D eigenvalue weighted by atomic mass is 9.33. The van der Waals surface area contributed by atoms with Crippen LogP contribution in [0.3, 0.4) is 0 Å². The highest BCUT2D eigenvalue weighted by molar-refractivity contribution is 7.00. The van der Waals surface area contributed by atoms with E-state index in [9.17, 15) is 30.2 Å². The molecule has 9 aromatic carbocycles. The van der Waals surface area contributed by atoms with Gasteiger partial charge in [0.15, 0.2) is 0 Å². The van der Waals surface area contributed by atoms with Crippen LogP contribution < -0.4 is 26.2 Å². The molecule has 0 amide bonds. The second-order valence-corrected chi connectivity index (χ2v) is 21.6. The predicted molar refractivity (Wildman–Crippen MR) is 306 cm³/mol. The molecule has 0 atom stereocenters. The van der Waals surface area contributed by atoms with Crippen molar-refractivity contribution >= 4 is 123 Å². The van der Waals surface area contributed by atoms with Gasteiger partial charge >= 0.3 is 0 Å². The molecule has 3 aliphatic heterocycles. The molecule has 0 aliphatic carbocycles. The maximum absolute atomic E-state index is 11.1. The Morgan fingerprint density at radius 3 is 1.71 bits per heavy atom. The molecule has 6 heterocycles. The van der Waals surface area contributed by atoms with Crippen LogP contribution in [0.1, 0.15) is 117 Å². The van der Waals surface area contributed by atoms with Gasteiger partial charge in [-0.15, -0.1) is 0 Å². The first kappa shape index (κ1) is 22.6. The lowest BCUT2D eigenvalue weighted by molar-refractivity contribution is 0.590. The zero-order valence-electron chi connectivity index (χ0n) is 68.3. The molecule has 0 fully saturated rings. The molecule has 0 bridgehead atoms. The summed E-state index contributed by atoms with van der Waals surface area (Å²) < 4.78 is 283. The first-order valence-electron chi connectivity index (χ1n) is 37.5. The van der Waals surface area contributed by atoms with E-state index < -0.39 is 258 Å². The third kappa shape index (κ3) is 5.55. The Labute approximate surface area is 459 Å². The minimum atomic E-state index is -1.96. The molecule has 0 unspecified atom stereocenters. The van der Waals surface area contributed by atoms with Crippen molar-refractivity contribution in [2.75, 3.05) is 9.80 Å². The van der Waals surface area contributed by atoms with Crippen molar-refractivity contribution in [1.29, 1.82) is 0 Å². The number of nitrogens with zero attached hydrogens (tertiary/aromatic N) is 4. The van der Waals surface area contributed by atoms with E-state index in [1.54, 1.807) is 62.3 Å². The average molecular weight is 959 g/mol. The van der Waals surface area contributed by atoms with E-state index >= 15 is 0 Å². The van der Waals surface area contributed by atoms with Crippen molar-refractivity contribution in [1.82, 2.24) is 9.13 Å². The van der Waals surface area contributed by atoms with E-state index in [1.807, 2.05) is 0 Å². The van der Waals surface area contributed by atoms with Crippen LogP contribution >= 0.6 is 0 Å². The lowest BCUT2D eigenvalue weighted by Gasteiger charge is -2.46. The summed E-state index contributed by atoms with van der Waals surface area (Å²) in [6.07, 6.45) is 0. The summed E-state index contributed by atoms with van der Waals surface area (Å²) in [4.78, 5) is 2.19. The van der Waals surface area contributed by atoms with Crippen molar-refractivity contribution in [2.24, 2.45) is 0 Å². The summed E-state index contributed by atoms with van der Waals surface area (Å²) in [6, 6.07) is -20.4. The Morgan fingerprint density at radius 2 is 0.986 bits per heavy atom. The molecule has 0 radical (unpaired) electrons. The molecule has 0 spiro atoms. The molecule has 15 rings (SSSR count). The molecule has 72 heavy (non-hydrogen) atoms. The number of fused-ring (bicyclic) bond motifs is 15. The zero-order chi connectivity index (χ0) is 73.3. The molecule has 0 saturated heterocycles. The topological polar surface area (TPSA) is 29.5 Å². The summed E-state index contributed by atoms with van der Waals surface area (Å²) in [6.45, 7) is 13.2. The Kier molecular flexibility index (Phi) is 4.38. The molecule has 3 aromatic heterocycles. The van der Waals surface area contributed by atoms with E-state index in [1.165, 1.54) is 4.90 Å². The summed E-state index contributed by atoms with van der Waals surface area (Å²) in [5.41, 5.74) is -11.8. The maximum atomic E-state index is 11.1. The molecule has 0 saturated carbocycles. The van der Waals surface area contributed by atoms with E-state index in [0.717, 1.165) is 14.0 Å². The molecule has 5 nitrogen and oxygen atoms in total. The van der Waals surface area contributed by atoms with Crippen LogP contribution in [0.2, 0.25) is 0 Å². The molecule has 12 aromatic rings. The Bertz CT molecular complexity index is 5960. The molecular formula is C66H55BN4O. The summed E-state index contributed by atoms with van der Waals surface area (Å²) in [7, 11) is 0. The number of anilines is 6. The van der Waals surface area contributed by atoms with Crippen LogP contribution in [0.15, 0.2) is 174 Å². The first-order valence-corrected chi connectivity index (χ1v) is 23.5. The Balaban J connectivity index is 1.24. The Morgan fingerprint density at radius 1 is 0.389 bits per heavy atom. The fourth-order valence-electron chi connectivity index (χ4n) is 10.4. The second-order valence-electron chi connectivity index (χ2n) is 21.6. The second kappa shape index (κ2) is 13.9. The highest BCUT2D eigenvalue weighted by Gasteiger charge is 2.47. The van der Waals surface area contributed by atoms with Gasteiger partial charge in [0.1, 0.15) is 11.2 Å². The number of benzene rings is 9. The highest BCUT2D eigenvalue weighted by Crippen LogP contribution is 2.53. The van der Waals surface area contributed by atoms with E-state index in [2.05, 4.69) is 0 Å². The van der Waals surface area contributed by atoms with Gasteiger partial charge in [0.2, 0.25) is 0 Å². The minimum absolute atomic E-state index is 0.0312. The Hall–Kier alpha value is -7.96. The molecule has 0 N–H and O–H groups in total. The van der Waals surface area contributed by atoms with E-state index in [-0.39, 0.29) is 78.2 Å². The first-order chi connectivity index (χ1) is 46.3. The number of rotatable bonds is 2. The van der Waals surface area contributed by atoms with Crippen LogP contribution in [0, 0.1) is 0 Å². The third-order valence-electron chi connectivity index (χ3n) is 13.9.